The van der Waals surface area contributed by atoms with Crippen molar-refractivity contribution in [3.05, 3.63) is 0 Å². The number of hydrogen-bond acceptors (Lipinski definition) is 3. The molecule has 7 heteroatoms. The summed E-state index contributed by atoms with van der Waals surface area (Å²) in [6.45, 7) is 4.22. The fraction of sp³-hybridized carbons (Fsp3) is 0.786. The van der Waals surface area contributed by atoms with Crippen LogP contribution in [-0.2, 0) is 9.59 Å². The van der Waals surface area contributed by atoms with E-state index in [-0.39, 0.29) is 18.9 Å². The Morgan fingerprint density at radius 3 is 2.43 bits per heavy atom. The molecule has 1 aliphatic rings. The Bertz CT molecular complexity index is 399. The molecule has 120 valence electrons. The first-order valence-corrected chi connectivity index (χ1v) is 7.33. The molecule has 0 aromatic heterocycles. The highest BCUT2D eigenvalue weighted by Gasteiger charge is 2.29. The van der Waals surface area contributed by atoms with Crippen LogP contribution in [0, 0.1) is 11.8 Å². The Labute approximate surface area is 124 Å². The van der Waals surface area contributed by atoms with Crippen molar-refractivity contribution in [2.45, 2.75) is 58.0 Å². The average molecular weight is 300 g/mol. The summed E-state index contributed by atoms with van der Waals surface area (Å²) in [5.41, 5.74) is 0. The van der Waals surface area contributed by atoms with E-state index in [0.717, 1.165) is 19.3 Å². The minimum Gasteiger partial charge on any atom is -0.481 e. The van der Waals surface area contributed by atoms with Crippen molar-refractivity contribution >= 4 is 18.0 Å². The van der Waals surface area contributed by atoms with Crippen LogP contribution in [0.25, 0.3) is 0 Å². The summed E-state index contributed by atoms with van der Waals surface area (Å²) in [6, 6.07) is -1.70. The maximum atomic E-state index is 11.9. The minimum absolute atomic E-state index is 0.0302. The molecule has 1 saturated carbocycles. The average Bonchev–Trinajstić information content (AvgIpc) is 2.39. The summed E-state index contributed by atoms with van der Waals surface area (Å²) in [4.78, 5) is 33.4. The van der Waals surface area contributed by atoms with Crippen LogP contribution in [0.4, 0.5) is 4.79 Å². The van der Waals surface area contributed by atoms with Gasteiger partial charge in [-0.2, -0.15) is 0 Å². The van der Waals surface area contributed by atoms with Gasteiger partial charge >= 0.3 is 18.0 Å². The van der Waals surface area contributed by atoms with Gasteiger partial charge in [-0.05, 0) is 24.7 Å². The van der Waals surface area contributed by atoms with Gasteiger partial charge in [-0.15, -0.1) is 0 Å². The highest BCUT2D eigenvalue weighted by molar-refractivity contribution is 5.83. The predicted molar refractivity (Wildman–Crippen MR) is 75.9 cm³/mol. The van der Waals surface area contributed by atoms with Crippen LogP contribution in [0.1, 0.15) is 46.0 Å². The molecule has 0 spiro atoms. The third-order valence-electron chi connectivity index (χ3n) is 4.27. The molecule has 1 aliphatic carbocycles. The smallest absolute Gasteiger partial charge is 0.326 e. The number of hydrogen-bond donors (Lipinski definition) is 4. The number of rotatable bonds is 6. The molecule has 0 radical (unpaired) electrons. The topological polar surface area (TPSA) is 116 Å². The molecule has 0 saturated heterocycles. The molecule has 1 fully saturated rings. The Kier molecular flexibility index (Phi) is 6.45. The van der Waals surface area contributed by atoms with Gasteiger partial charge in [0.15, 0.2) is 0 Å². The van der Waals surface area contributed by atoms with E-state index in [2.05, 4.69) is 24.5 Å². The zero-order valence-electron chi connectivity index (χ0n) is 12.5. The van der Waals surface area contributed by atoms with Crippen LogP contribution in [0.15, 0.2) is 0 Å². The number of carboxylic acids is 2. The van der Waals surface area contributed by atoms with Gasteiger partial charge in [0.05, 0.1) is 0 Å². The molecule has 0 aromatic rings. The van der Waals surface area contributed by atoms with Crippen molar-refractivity contribution < 1.29 is 24.6 Å². The first-order chi connectivity index (χ1) is 9.81. The van der Waals surface area contributed by atoms with Crippen molar-refractivity contribution in [1.29, 1.82) is 0 Å². The Hall–Kier alpha value is -1.79. The van der Waals surface area contributed by atoms with Gasteiger partial charge in [-0.1, -0.05) is 26.7 Å². The van der Waals surface area contributed by atoms with Crippen LogP contribution in [0.5, 0.6) is 0 Å². The normalized spacial score (nSPS) is 26.7. The number of amides is 2. The fourth-order valence-corrected chi connectivity index (χ4v) is 2.68. The molecule has 4 N–H and O–H groups in total. The van der Waals surface area contributed by atoms with Crippen molar-refractivity contribution in [3.8, 4) is 0 Å². The van der Waals surface area contributed by atoms with Crippen molar-refractivity contribution in [2.75, 3.05) is 0 Å². The summed E-state index contributed by atoms with van der Waals surface area (Å²) < 4.78 is 0. The van der Waals surface area contributed by atoms with Crippen LogP contribution in [0.2, 0.25) is 0 Å². The lowest BCUT2D eigenvalue weighted by Crippen LogP contribution is -2.52. The van der Waals surface area contributed by atoms with Gasteiger partial charge in [0.2, 0.25) is 0 Å². The van der Waals surface area contributed by atoms with E-state index >= 15 is 0 Å². The number of carbonyl (C=O) groups is 3. The van der Waals surface area contributed by atoms with Crippen molar-refractivity contribution in [2.24, 2.45) is 11.8 Å². The van der Waals surface area contributed by atoms with E-state index in [4.69, 9.17) is 10.2 Å². The van der Waals surface area contributed by atoms with Gasteiger partial charge < -0.3 is 20.8 Å². The van der Waals surface area contributed by atoms with E-state index in [1.54, 1.807) is 0 Å². The lowest BCUT2D eigenvalue weighted by Gasteiger charge is -2.34. The monoisotopic (exact) mass is 300 g/mol. The lowest BCUT2D eigenvalue weighted by atomic mass is 9.78. The Morgan fingerprint density at radius 1 is 1.19 bits per heavy atom. The Balaban J connectivity index is 2.49. The second-order valence-electron chi connectivity index (χ2n) is 5.81. The largest absolute Gasteiger partial charge is 0.481 e. The molecule has 0 heterocycles. The number of aliphatic carboxylic acids is 2. The zero-order chi connectivity index (χ0) is 16.0. The lowest BCUT2D eigenvalue weighted by molar-refractivity contribution is -0.140. The van der Waals surface area contributed by atoms with Crippen molar-refractivity contribution in [1.82, 2.24) is 10.6 Å². The molecule has 0 aliphatic heterocycles. The minimum atomic E-state index is -1.23. The Morgan fingerprint density at radius 2 is 1.86 bits per heavy atom. The molecule has 4 atom stereocenters. The van der Waals surface area contributed by atoms with Crippen LogP contribution >= 0.6 is 0 Å². The number of carbonyl (C=O) groups excluding carboxylic acids is 1. The summed E-state index contributed by atoms with van der Waals surface area (Å²) in [6.07, 6.45) is 2.63. The van der Waals surface area contributed by atoms with E-state index in [1.165, 1.54) is 0 Å². The molecule has 0 bridgehead atoms. The van der Waals surface area contributed by atoms with Gasteiger partial charge in [-0.3, -0.25) is 4.79 Å². The molecule has 0 aromatic carbocycles. The molecule has 2 amide bonds. The van der Waals surface area contributed by atoms with Crippen LogP contribution in [-0.4, -0.2) is 40.3 Å². The molecule has 3 unspecified atom stereocenters. The highest BCUT2D eigenvalue weighted by Crippen LogP contribution is 2.29. The van der Waals surface area contributed by atoms with Crippen molar-refractivity contribution in [3.63, 3.8) is 0 Å². The third kappa shape index (κ3) is 5.61. The standard InChI is InChI=1S/C14H24N2O5/c1-8-4-3-5-10(9(8)2)15-14(21)16-11(13(19)20)6-7-12(17)18/h8-11H,3-7H2,1-2H3,(H,17,18)(H,19,20)(H2,15,16,21)/t8?,9?,10?,11-/m0/s1. The fourth-order valence-electron chi connectivity index (χ4n) is 2.68. The van der Waals surface area contributed by atoms with Gasteiger partial charge in [-0.25, -0.2) is 9.59 Å². The second kappa shape index (κ2) is 7.85. The van der Waals surface area contributed by atoms with E-state index in [1.807, 2.05) is 0 Å². The number of carboxylic acid groups (broad SMARTS) is 2. The third-order valence-corrected chi connectivity index (χ3v) is 4.27. The quantitative estimate of drug-likeness (QED) is 0.592. The summed E-state index contributed by atoms with van der Waals surface area (Å²) >= 11 is 0. The molecular weight excluding hydrogens is 276 g/mol. The van der Waals surface area contributed by atoms with Crippen LogP contribution < -0.4 is 10.6 Å². The number of nitrogens with one attached hydrogen (secondary N) is 2. The zero-order valence-corrected chi connectivity index (χ0v) is 12.5. The maximum Gasteiger partial charge on any atom is 0.326 e. The molecule has 7 nitrogen and oxygen atoms in total. The van der Waals surface area contributed by atoms with Gasteiger partial charge in [0, 0.05) is 12.5 Å². The summed E-state index contributed by atoms with van der Waals surface area (Å²) in [5.74, 6) is -1.45. The van der Waals surface area contributed by atoms with Crippen LogP contribution in [0.3, 0.4) is 0 Å². The second-order valence-corrected chi connectivity index (χ2v) is 5.81. The van der Waals surface area contributed by atoms with Gasteiger partial charge in [0.1, 0.15) is 6.04 Å². The van der Waals surface area contributed by atoms with Gasteiger partial charge in [0.25, 0.3) is 0 Å². The summed E-state index contributed by atoms with van der Waals surface area (Å²) in [5, 5.41) is 22.7. The maximum absolute atomic E-state index is 11.9. The highest BCUT2D eigenvalue weighted by atomic mass is 16.4. The first-order valence-electron chi connectivity index (χ1n) is 7.33. The predicted octanol–water partition coefficient (Wildman–Crippen LogP) is 1.43. The first kappa shape index (κ1) is 17.3. The molecule has 21 heavy (non-hydrogen) atoms. The van der Waals surface area contributed by atoms with E-state index in [0.29, 0.717) is 11.8 Å². The molecular formula is C14H24N2O5. The van der Waals surface area contributed by atoms with E-state index < -0.39 is 24.0 Å². The SMILES string of the molecule is CC1CCCC(NC(=O)N[C@@H](CCC(=O)O)C(=O)O)C1C. The molecule has 1 rings (SSSR count). The summed E-state index contributed by atoms with van der Waals surface area (Å²) in [7, 11) is 0. The number of urea groups is 1. The van der Waals surface area contributed by atoms with E-state index in [9.17, 15) is 14.4 Å².